The highest BCUT2D eigenvalue weighted by molar-refractivity contribution is 6.02. The third-order valence-electron chi connectivity index (χ3n) is 9.30. The molecule has 9 rings (SSSR count). The maximum Gasteiger partial charge on any atom is 0.0726 e. The minimum atomic E-state index is -0.341. The molecule has 7 aromatic carbocycles. The van der Waals surface area contributed by atoms with Crippen LogP contribution < -0.4 is 5.32 Å². The summed E-state index contributed by atoms with van der Waals surface area (Å²) in [6.07, 6.45) is 0. The number of nitrogens with one attached hydrogen (secondary N) is 1. The SMILES string of the molecule is c1ccc(-c2cccc3ccccc23)c(Nc2cccc3c2-c2ccccc2C32c3ccccc3-c3ccccc32)c1. The minimum Gasteiger partial charge on any atom is -0.355 e. The van der Waals surface area contributed by atoms with Crippen molar-refractivity contribution in [3.05, 3.63) is 180 Å². The van der Waals surface area contributed by atoms with E-state index in [4.69, 9.17) is 0 Å². The van der Waals surface area contributed by atoms with Gasteiger partial charge in [0, 0.05) is 22.5 Å². The van der Waals surface area contributed by atoms with E-state index in [1.807, 2.05) is 0 Å². The van der Waals surface area contributed by atoms with E-state index in [0.717, 1.165) is 11.4 Å². The van der Waals surface area contributed by atoms with E-state index in [0.29, 0.717) is 0 Å². The standard InChI is InChI=1S/C41H27N/c1-2-15-28-27(13-1)14-11-20-29(28)32-18-6-10-25-38(32)42-39-26-12-24-37-40(39)33-19-5-9-23-36(33)41(37)34-21-7-3-16-30(34)31-17-4-8-22-35(31)41/h1-26,42H. The van der Waals surface area contributed by atoms with E-state index in [9.17, 15) is 0 Å². The summed E-state index contributed by atoms with van der Waals surface area (Å²) in [6.45, 7) is 0. The minimum absolute atomic E-state index is 0.341. The number of anilines is 2. The monoisotopic (exact) mass is 533 g/mol. The van der Waals surface area contributed by atoms with Crippen LogP contribution in [0.2, 0.25) is 0 Å². The molecule has 0 aromatic heterocycles. The fraction of sp³-hybridized carbons (Fsp3) is 0.0244. The van der Waals surface area contributed by atoms with E-state index < -0.39 is 0 Å². The first kappa shape index (κ1) is 23.3. The summed E-state index contributed by atoms with van der Waals surface area (Å²) >= 11 is 0. The maximum atomic E-state index is 3.93. The highest BCUT2D eigenvalue weighted by Gasteiger charge is 2.51. The second-order valence-corrected chi connectivity index (χ2v) is 11.3. The van der Waals surface area contributed by atoms with E-state index in [-0.39, 0.29) is 5.41 Å². The van der Waals surface area contributed by atoms with Crippen LogP contribution in [0.1, 0.15) is 22.3 Å². The number of fused-ring (bicyclic) bond motifs is 11. The van der Waals surface area contributed by atoms with Crippen molar-refractivity contribution >= 4 is 22.1 Å². The molecule has 196 valence electrons. The normalized spacial score (nSPS) is 13.4. The van der Waals surface area contributed by atoms with Crippen molar-refractivity contribution in [1.29, 1.82) is 0 Å². The molecule has 0 atom stereocenters. The molecule has 1 nitrogen and oxygen atoms in total. The molecule has 0 fully saturated rings. The Labute approximate surface area is 245 Å². The Morgan fingerprint density at radius 1 is 0.333 bits per heavy atom. The first-order valence-corrected chi connectivity index (χ1v) is 14.6. The van der Waals surface area contributed by atoms with Crippen LogP contribution >= 0.6 is 0 Å². The fourth-order valence-corrected chi connectivity index (χ4v) is 7.68. The van der Waals surface area contributed by atoms with Gasteiger partial charge in [0.05, 0.1) is 5.41 Å². The van der Waals surface area contributed by atoms with Crippen LogP contribution in [0.4, 0.5) is 11.4 Å². The smallest absolute Gasteiger partial charge is 0.0726 e. The van der Waals surface area contributed by atoms with Crippen molar-refractivity contribution in [1.82, 2.24) is 0 Å². The predicted octanol–water partition coefficient (Wildman–Crippen LogP) is 10.6. The molecule has 1 spiro atoms. The molecule has 42 heavy (non-hydrogen) atoms. The Morgan fingerprint density at radius 2 is 0.810 bits per heavy atom. The molecule has 0 saturated heterocycles. The number of benzene rings is 7. The molecule has 2 aliphatic carbocycles. The van der Waals surface area contributed by atoms with Gasteiger partial charge in [-0.3, -0.25) is 0 Å². The molecule has 1 heteroatoms. The maximum absolute atomic E-state index is 3.93. The van der Waals surface area contributed by atoms with Crippen LogP contribution in [0.15, 0.2) is 158 Å². The lowest BCUT2D eigenvalue weighted by Crippen LogP contribution is -2.25. The highest BCUT2D eigenvalue weighted by atomic mass is 14.9. The van der Waals surface area contributed by atoms with Gasteiger partial charge in [0.1, 0.15) is 0 Å². The van der Waals surface area contributed by atoms with Crippen molar-refractivity contribution in [2.24, 2.45) is 0 Å². The zero-order valence-electron chi connectivity index (χ0n) is 23.0. The summed E-state index contributed by atoms with van der Waals surface area (Å²) in [6, 6.07) is 57.6. The average molecular weight is 534 g/mol. The lowest BCUT2D eigenvalue weighted by atomic mass is 9.70. The van der Waals surface area contributed by atoms with Crippen molar-refractivity contribution < 1.29 is 0 Å². The number of para-hydroxylation sites is 1. The van der Waals surface area contributed by atoms with Gasteiger partial charge >= 0.3 is 0 Å². The Bertz CT molecular complexity index is 2140. The fourth-order valence-electron chi connectivity index (χ4n) is 7.68. The lowest BCUT2D eigenvalue weighted by molar-refractivity contribution is 0.794. The molecule has 0 heterocycles. The number of hydrogen-bond acceptors (Lipinski definition) is 1. The molecule has 0 saturated carbocycles. The molecule has 0 amide bonds. The van der Waals surface area contributed by atoms with Crippen LogP contribution in [-0.2, 0) is 5.41 Å². The summed E-state index contributed by atoms with van der Waals surface area (Å²) in [7, 11) is 0. The van der Waals surface area contributed by atoms with Crippen molar-refractivity contribution in [2.75, 3.05) is 5.32 Å². The van der Waals surface area contributed by atoms with Gasteiger partial charge in [-0.2, -0.15) is 0 Å². The molecular formula is C41H27N. The zero-order chi connectivity index (χ0) is 27.7. The second-order valence-electron chi connectivity index (χ2n) is 11.3. The molecule has 0 aliphatic heterocycles. The Balaban J connectivity index is 1.29. The summed E-state index contributed by atoms with van der Waals surface area (Å²) in [5.41, 5.74) is 15.0. The Kier molecular flexibility index (Phi) is 4.88. The van der Waals surface area contributed by atoms with Crippen LogP contribution in [0.5, 0.6) is 0 Å². The van der Waals surface area contributed by atoms with Crippen LogP contribution in [0.3, 0.4) is 0 Å². The molecule has 7 aromatic rings. The van der Waals surface area contributed by atoms with Gasteiger partial charge in [-0.15, -0.1) is 0 Å². The van der Waals surface area contributed by atoms with E-state index >= 15 is 0 Å². The van der Waals surface area contributed by atoms with E-state index in [2.05, 4.69) is 163 Å². The highest BCUT2D eigenvalue weighted by Crippen LogP contribution is 2.63. The Morgan fingerprint density at radius 3 is 1.57 bits per heavy atom. The van der Waals surface area contributed by atoms with Gasteiger partial charge in [0.2, 0.25) is 0 Å². The van der Waals surface area contributed by atoms with Gasteiger partial charge in [-0.25, -0.2) is 0 Å². The second kappa shape index (κ2) is 8.80. The number of rotatable bonds is 3. The molecular weight excluding hydrogens is 506 g/mol. The summed E-state index contributed by atoms with van der Waals surface area (Å²) in [4.78, 5) is 0. The quantitative estimate of drug-likeness (QED) is 0.238. The van der Waals surface area contributed by atoms with E-state index in [1.54, 1.807) is 0 Å². The molecule has 0 radical (unpaired) electrons. The van der Waals surface area contributed by atoms with Gasteiger partial charge in [0.15, 0.2) is 0 Å². The molecule has 2 aliphatic rings. The topological polar surface area (TPSA) is 12.0 Å². The number of hydrogen-bond donors (Lipinski definition) is 1. The average Bonchev–Trinajstić information content (AvgIpc) is 3.53. The summed E-state index contributed by atoms with van der Waals surface area (Å²) < 4.78 is 0. The van der Waals surface area contributed by atoms with Gasteiger partial charge in [0.25, 0.3) is 0 Å². The zero-order valence-corrected chi connectivity index (χ0v) is 23.0. The summed E-state index contributed by atoms with van der Waals surface area (Å²) in [5.74, 6) is 0. The third kappa shape index (κ3) is 3.03. The van der Waals surface area contributed by atoms with Gasteiger partial charge in [-0.05, 0) is 67.4 Å². The third-order valence-corrected chi connectivity index (χ3v) is 9.30. The van der Waals surface area contributed by atoms with Gasteiger partial charge < -0.3 is 5.32 Å². The Hall–Kier alpha value is -5.40. The van der Waals surface area contributed by atoms with Gasteiger partial charge in [-0.1, -0.05) is 146 Å². The largest absolute Gasteiger partial charge is 0.355 e. The van der Waals surface area contributed by atoms with Crippen LogP contribution in [0, 0.1) is 0 Å². The molecule has 0 unspecified atom stereocenters. The van der Waals surface area contributed by atoms with Crippen LogP contribution in [0.25, 0.3) is 44.2 Å². The van der Waals surface area contributed by atoms with Crippen molar-refractivity contribution in [2.45, 2.75) is 5.41 Å². The van der Waals surface area contributed by atoms with E-state index in [1.165, 1.54) is 66.4 Å². The predicted molar refractivity (Wildman–Crippen MR) is 175 cm³/mol. The first-order chi connectivity index (χ1) is 20.9. The van der Waals surface area contributed by atoms with Crippen molar-refractivity contribution in [3.8, 4) is 33.4 Å². The molecule has 0 bridgehead atoms. The molecule has 1 N–H and O–H groups in total. The first-order valence-electron chi connectivity index (χ1n) is 14.6. The van der Waals surface area contributed by atoms with Crippen LogP contribution in [-0.4, -0.2) is 0 Å². The lowest BCUT2D eigenvalue weighted by Gasteiger charge is -2.30. The summed E-state index contributed by atoms with van der Waals surface area (Å²) in [5, 5.41) is 6.44. The van der Waals surface area contributed by atoms with Crippen molar-refractivity contribution in [3.63, 3.8) is 0 Å².